The Bertz CT molecular complexity index is 334. The molecule has 3 nitrogen and oxygen atoms in total. The first kappa shape index (κ1) is 9.49. The number of azide groups is 1. The van der Waals surface area contributed by atoms with E-state index in [1.165, 1.54) is 12.1 Å². The third-order valence-electron chi connectivity index (χ3n) is 1.13. The van der Waals surface area contributed by atoms with Gasteiger partial charge in [0.05, 0.1) is 15.7 Å². The third kappa shape index (κ3) is 1.96. The van der Waals surface area contributed by atoms with E-state index in [0.29, 0.717) is 5.02 Å². The molecular formula is C6H2Cl3N3. The Balaban J connectivity index is 3.37. The van der Waals surface area contributed by atoms with Crippen molar-refractivity contribution in [3.8, 4) is 0 Å². The molecule has 0 saturated heterocycles. The van der Waals surface area contributed by atoms with E-state index in [-0.39, 0.29) is 15.7 Å². The number of rotatable bonds is 1. The van der Waals surface area contributed by atoms with Crippen molar-refractivity contribution in [2.24, 2.45) is 5.11 Å². The lowest BCUT2D eigenvalue weighted by atomic mass is 10.3. The summed E-state index contributed by atoms with van der Waals surface area (Å²) in [6, 6.07) is 2.91. The van der Waals surface area contributed by atoms with Crippen LogP contribution < -0.4 is 0 Å². The lowest BCUT2D eigenvalue weighted by Crippen LogP contribution is -1.70. The highest BCUT2D eigenvalue weighted by Gasteiger charge is 2.04. The van der Waals surface area contributed by atoms with Crippen LogP contribution in [0.5, 0.6) is 0 Å². The van der Waals surface area contributed by atoms with E-state index in [2.05, 4.69) is 10.0 Å². The van der Waals surface area contributed by atoms with Crippen LogP contribution in [0, 0.1) is 0 Å². The van der Waals surface area contributed by atoms with E-state index in [9.17, 15) is 0 Å². The highest BCUT2D eigenvalue weighted by Crippen LogP contribution is 2.35. The van der Waals surface area contributed by atoms with Crippen molar-refractivity contribution in [2.45, 2.75) is 0 Å². The molecule has 0 radical (unpaired) electrons. The zero-order chi connectivity index (χ0) is 9.14. The number of nitrogens with zero attached hydrogens (tertiary/aromatic N) is 3. The van der Waals surface area contributed by atoms with Crippen LogP contribution in [0.4, 0.5) is 5.69 Å². The summed E-state index contributed by atoms with van der Waals surface area (Å²) in [7, 11) is 0. The van der Waals surface area contributed by atoms with Crippen LogP contribution in [0.25, 0.3) is 10.4 Å². The summed E-state index contributed by atoms with van der Waals surface area (Å²) in [5.41, 5.74) is 8.35. The van der Waals surface area contributed by atoms with Gasteiger partial charge >= 0.3 is 0 Å². The van der Waals surface area contributed by atoms with Crippen LogP contribution >= 0.6 is 34.8 Å². The largest absolute Gasteiger partial charge is 0.0842 e. The maximum absolute atomic E-state index is 8.15. The number of hydrogen-bond donors (Lipinski definition) is 0. The minimum atomic E-state index is 0.199. The zero-order valence-electron chi connectivity index (χ0n) is 5.63. The second-order valence-corrected chi connectivity index (χ2v) is 3.16. The summed E-state index contributed by atoms with van der Waals surface area (Å²) in [4.78, 5) is 2.57. The fourth-order valence-corrected chi connectivity index (χ4v) is 1.57. The second kappa shape index (κ2) is 3.87. The average molecular weight is 222 g/mol. The molecule has 0 bridgehead atoms. The molecule has 0 aliphatic rings. The molecule has 0 saturated carbocycles. The fraction of sp³-hybridized carbons (Fsp3) is 0. The van der Waals surface area contributed by atoms with Crippen LogP contribution in [0.3, 0.4) is 0 Å². The summed E-state index contributed by atoms with van der Waals surface area (Å²) in [6.45, 7) is 0. The molecule has 0 N–H and O–H groups in total. The summed E-state index contributed by atoms with van der Waals surface area (Å²) in [6.07, 6.45) is 0. The molecule has 12 heavy (non-hydrogen) atoms. The zero-order valence-corrected chi connectivity index (χ0v) is 7.90. The number of hydrogen-bond acceptors (Lipinski definition) is 1. The summed E-state index contributed by atoms with van der Waals surface area (Å²) in [5, 5.41) is 4.19. The molecule has 62 valence electrons. The molecule has 0 aromatic heterocycles. The first-order chi connectivity index (χ1) is 5.65. The van der Waals surface area contributed by atoms with Gasteiger partial charge in [-0.05, 0) is 17.7 Å². The van der Waals surface area contributed by atoms with Gasteiger partial charge in [0.1, 0.15) is 0 Å². The minimum Gasteiger partial charge on any atom is -0.0842 e. The Labute approximate surface area is 83.5 Å². The van der Waals surface area contributed by atoms with Gasteiger partial charge in [-0.2, -0.15) is 0 Å². The van der Waals surface area contributed by atoms with Crippen LogP contribution in [0.15, 0.2) is 17.2 Å². The minimum absolute atomic E-state index is 0.199. The molecular weight excluding hydrogens is 220 g/mol. The first-order valence-corrected chi connectivity index (χ1v) is 3.98. The van der Waals surface area contributed by atoms with Gasteiger partial charge in [-0.1, -0.05) is 39.9 Å². The van der Waals surface area contributed by atoms with Gasteiger partial charge in [0, 0.05) is 9.93 Å². The lowest BCUT2D eigenvalue weighted by Gasteiger charge is -1.99. The van der Waals surface area contributed by atoms with E-state index in [4.69, 9.17) is 40.3 Å². The molecule has 1 rings (SSSR count). The maximum atomic E-state index is 8.15. The van der Waals surface area contributed by atoms with Crippen molar-refractivity contribution in [2.75, 3.05) is 0 Å². The van der Waals surface area contributed by atoms with Gasteiger partial charge < -0.3 is 0 Å². The molecule has 0 aliphatic carbocycles. The van der Waals surface area contributed by atoms with Gasteiger partial charge in [0.2, 0.25) is 0 Å². The van der Waals surface area contributed by atoms with Crippen molar-refractivity contribution < 1.29 is 0 Å². The monoisotopic (exact) mass is 221 g/mol. The molecule has 1 aromatic rings. The van der Waals surface area contributed by atoms with E-state index in [1.54, 1.807) is 0 Å². The van der Waals surface area contributed by atoms with Crippen molar-refractivity contribution in [3.63, 3.8) is 0 Å². The Hall–Kier alpha value is -0.600. The number of halogens is 3. The van der Waals surface area contributed by atoms with E-state index in [1.807, 2.05) is 0 Å². The van der Waals surface area contributed by atoms with Gasteiger partial charge in [-0.3, -0.25) is 0 Å². The molecule has 6 heteroatoms. The molecule has 0 fully saturated rings. The normalized spacial score (nSPS) is 9.25. The molecule has 1 aromatic carbocycles. The molecule has 0 unspecified atom stereocenters. The highest BCUT2D eigenvalue weighted by molar-refractivity contribution is 6.41. The van der Waals surface area contributed by atoms with E-state index in [0.717, 1.165) is 0 Å². The SMILES string of the molecule is [N-]=[N+]=Nc1c(Cl)cc(Cl)cc1Cl. The summed E-state index contributed by atoms with van der Waals surface area (Å²) < 4.78 is 0. The predicted octanol–water partition coefficient (Wildman–Crippen LogP) is 4.59. The number of benzene rings is 1. The van der Waals surface area contributed by atoms with E-state index >= 15 is 0 Å². The Morgan fingerprint density at radius 3 is 2.08 bits per heavy atom. The standard InChI is InChI=1S/C6H2Cl3N3/c7-3-1-4(8)6(11-12-10)5(9)2-3/h1-2H. The van der Waals surface area contributed by atoms with Crippen LogP contribution in [-0.2, 0) is 0 Å². The molecule has 0 heterocycles. The second-order valence-electron chi connectivity index (χ2n) is 1.91. The first-order valence-electron chi connectivity index (χ1n) is 2.85. The van der Waals surface area contributed by atoms with Gasteiger partial charge in [0.15, 0.2) is 0 Å². The van der Waals surface area contributed by atoms with E-state index < -0.39 is 0 Å². The average Bonchev–Trinajstić information content (AvgIpc) is 1.96. The van der Waals surface area contributed by atoms with Crippen LogP contribution in [-0.4, -0.2) is 0 Å². The maximum Gasteiger partial charge on any atom is 0.0748 e. The van der Waals surface area contributed by atoms with Gasteiger partial charge in [0.25, 0.3) is 0 Å². The Morgan fingerprint density at radius 1 is 1.17 bits per heavy atom. The predicted molar refractivity (Wildman–Crippen MR) is 50.3 cm³/mol. The quantitative estimate of drug-likeness (QED) is 0.379. The molecule has 0 aliphatic heterocycles. The molecule has 0 atom stereocenters. The molecule has 0 amide bonds. The third-order valence-corrected chi connectivity index (χ3v) is 1.92. The van der Waals surface area contributed by atoms with Crippen molar-refractivity contribution in [1.82, 2.24) is 0 Å². The van der Waals surface area contributed by atoms with Gasteiger partial charge in [-0.15, -0.1) is 0 Å². The Kier molecular flexibility index (Phi) is 3.06. The smallest absolute Gasteiger partial charge is 0.0748 e. The topological polar surface area (TPSA) is 48.8 Å². The highest BCUT2D eigenvalue weighted by atomic mass is 35.5. The summed E-state index contributed by atoms with van der Waals surface area (Å²) in [5.74, 6) is 0. The Morgan fingerprint density at radius 2 is 1.67 bits per heavy atom. The van der Waals surface area contributed by atoms with Crippen molar-refractivity contribution in [3.05, 3.63) is 37.6 Å². The van der Waals surface area contributed by atoms with Crippen LogP contribution in [0.2, 0.25) is 15.1 Å². The lowest BCUT2D eigenvalue weighted by molar-refractivity contribution is 1.48. The van der Waals surface area contributed by atoms with Crippen molar-refractivity contribution in [1.29, 1.82) is 0 Å². The van der Waals surface area contributed by atoms with Crippen LogP contribution in [0.1, 0.15) is 0 Å². The molecule has 0 spiro atoms. The van der Waals surface area contributed by atoms with Crippen molar-refractivity contribution >= 4 is 40.5 Å². The van der Waals surface area contributed by atoms with Gasteiger partial charge in [-0.25, -0.2) is 0 Å². The summed E-state index contributed by atoms with van der Waals surface area (Å²) >= 11 is 17.0. The fourth-order valence-electron chi connectivity index (χ4n) is 0.675.